The number of ether oxygens (including phenoxy) is 2. The van der Waals surface area contributed by atoms with Crippen molar-refractivity contribution >= 4 is 15.9 Å². The summed E-state index contributed by atoms with van der Waals surface area (Å²) in [5.41, 5.74) is -2.57. The summed E-state index contributed by atoms with van der Waals surface area (Å²) in [7, 11) is 0. The molecule has 0 amide bonds. The van der Waals surface area contributed by atoms with Gasteiger partial charge in [-0.15, -0.1) is 0 Å². The molecule has 3 N–H and O–H groups in total. The Bertz CT molecular complexity index is 493. The summed E-state index contributed by atoms with van der Waals surface area (Å²) in [5.74, 6) is 0. The molecule has 5 atom stereocenters. The molecule has 6 heteroatoms. The van der Waals surface area contributed by atoms with Gasteiger partial charge in [0.15, 0.2) is 4.51 Å². The molecule has 0 aromatic heterocycles. The van der Waals surface area contributed by atoms with E-state index in [0.717, 1.165) is 77.0 Å². The number of hydrogen-bond donors (Lipinski definition) is 3. The first-order valence-electron chi connectivity index (χ1n) is 13.3. The summed E-state index contributed by atoms with van der Waals surface area (Å²) in [5, 5.41) is 33.7. The zero-order chi connectivity index (χ0) is 24.1. The van der Waals surface area contributed by atoms with Crippen LogP contribution in [-0.4, -0.2) is 56.5 Å². The van der Waals surface area contributed by atoms with Crippen LogP contribution in [0.15, 0.2) is 0 Å². The maximum absolute atomic E-state index is 12.3. The summed E-state index contributed by atoms with van der Waals surface area (Å²) in [4.78, 5) is 0. The molecule has 32 heavy (non-hydrogen) atoms. The van der Waals surface area contributed by atoms with Gasteiger partial charge in [0.25, 0.3) is 0 Å². The fourth-order valence-corrected chi connectivity index (χ4v) is 6.37. The van der Waals surface area contributed by atoms with Crippen LogP contribution in [0, 0.1) is 0 Å². The molecule has 0 radical (unpaired) electrons. The number of alkyl halides is 1. The molecule has 1 fully saturated rings. The predicted molar refractivity (Wildman–Crippen MR) is 135 cm³/mol. The van der Waals surface area contributed by atoms with Crippen molar-refractivity contribution in [3.63, 3.8) is 0 Å². The maximum Gasteiger partial charge on any atom is 0.155 e. The average Bonchev–Trinajstić information content (AvgIpc) is 2.78. The van der Waals surface area contributed by atoms with E-state index in [-0.39, 0.29) is 6.61 Å². The highest BCUT2D eigenvalue weighted by Gasteiger charge is 2.70. The average molecular weight is 524 g/mol. The lowest BCUT2D eigenvalue weighted by atomic mass is 9.65. The van der Waals surface area contributed by atoms with Crippen molar-refractivity contribution in [2.45, 2.75) is 152 Å². The van der Waals surface area contributed by atoms with Crippen molar-refractivity contribution in [2.75, 3.05) is 13.2 Å². The quantitative estimate of drug-likeness (QED) is 0.146. The van der Waals surface area contributed by atoms with Crippen LogP contribution in [0.2, 0.25) is 0 Å². The van der Waals surface area contributed by atoms with Gasteiger partial charge in [-0.25, -0.2) is 0 Å². The van der Waals surface area contributed by atoms with Gasteiger partial charge in [-0.1, -0.05) is 108 Å². The van der Waals surface area contributed by atoms with Crippen molar-refractivity contribution in [2.24, 2.45) is 0 Å². The first-order valence-corrected chi connectivity index (χ1v) is 14.1. The second-order valence-electron chi connectivity index (χ2n) is 9.69. The Morgan fingerprint density at radius 2 is 1.28 bits per heavy atom. The highest BCUT2D eigenvalue weighted by Crippen LogP contribution is 2.56. The Labute approximate surface area is 205 Å². The van der Waals surface area contributed by atoms with E-state index in [9.17, 15) is 15.3 Å². The van der Waals surface area contributed by atoms with Crippen LogP contribution in [0.3, 0.4) is 0 Å². The van der Waals surface area contributed by atoms with E-state index in [0.29, 0.717) is 25.9 Å². The third kappa shape index (κ3) is 7.14. The molecular formula is C26H51BrO5. The number of aliphatic hydroxyl groups excluding tert-OH is 2. The van der Waals surface area contributed by atoms with Crippen molar-refractivity contribution in [3.05, 3.63) is 0 Å². The summed E-state index contributed by atoms with van der Waals surface area (Å²) >= 11 is 3.94. The van der Waals surface area contributed by atoms with Gasteiger partial charge in [0.2, 0.25) is 0 Å². The Morgan fingerprint density at radius 3 is 1.81 bits per heavy atom. The molecule has 1 saturated heterocycles. The van der Waals surface area contributed by atoms with Gasteiger partial charge < -0.3 is 24.8 Å². The molecule has 1 aliphatic heterocycles. The molecule has 0 aliphatic carbocycles. The molecule has 192 valence electrons. The highest BCUT2D eigenvalue weighted by atomic mass is 79.9. The highest BCUT2D eigenvalue weighted by molar-refractivity contribution is 9.10. The zero-order valence-corrected chi connectivity index (χ0v) is 22.8. The van der Waals surface area contributed by atoms with E-state index >= 15 is 0 Å². The number of halogens is 1. The maximum atomic E-state index is 12.3. The molecule has 0 spiro atoms. The largest absolute Gasteiger partial charge is 0.394 e. The molecule has 1 heterocycles. The summed E-state index contributed by atoms with van der Waals surface area (Å²) in [6, 6.07) is 0. The minimum Gasteiger partial charge on any atom is -0.394 e. The molecule has 1 aliphatic rings. The van der Waals surface area contributed by atoms with E-state index in [4.69, 9.17) is 9.47 Å². The van der Waals surface area contributed by atoms with Gasteiger partial charge in [0, 0.05) is 6.61 Å². The fraction of sp³-hybridized carbons (Fsp3) is 1.00. The first-order chi connectivity index (χ1) is 15.3. The van der Waals surface area contributed by atoms with E-state index in [1.54, 1.807) is 0 Å². The van der Waals surface area contributed by atoms with E-state index in [1.165, 1.54) is 0 Å². The lowest BCUT2D eigenvalue weighted by Crippen LogP contribution is -2.78. The molecule has 0 aromatic carbocycles. The van der Waals surface area contributed by atoms with Gasteiger partial charge in [-0.2, -0.15) is 0 Å². The van der Waals surface area contributed by atoms with Crippen molar-refractivity contribution in [3.8, 4) is 0 Å². The second-order valence-corrected chi connectivity index (χ2v) is 11.0. The Kier molecular flexibility index (Phi) is 14.5. The Morgan fingerprint density at radius 1 is 0.781 bits per heavy atom. The minimum atomic E-state index is -1.50. The first kappa shape index (κ1) is 30.3. The van der Waals surface area contributed by atoms with Crippen molar-refractivity contribution < 1.29 is 24.8 Å². The molecule has 5 nitrogen and oxygen atoms in total. The van der Waals surface area contributed by atoms with Gasteiger partial charge in [-0.3, -0.25) is 0 Å². The SMILES string of the molecule is CCCCCO[C@@]1(CCCCC)[C@@](Br)(CCCCC)O[C@H](CO)[C@@H](O)[C@@]1(O)CCCCC. The predicted octanol–water partition coefficient (Wildman–Crippen LogP) is 6.25. The van der Waals surface area contributed by atoms with E-state index in [1.807, 2.05) is 0 Å². The second kappa shape index (κ2) is 15.3. The Hall–Kier alpha value is 0.280. The lowest BCUT2D eigenvalue weighted by Gasteiger charge is -2.62. The van der Waals surface area contributed by atoms with Gasteiger partial charge >= 0.3 is 0 Å². The number of unbranched alkanes of at least 4 members (excludes halogenated alkanes) is 8. The topological polar surface area (TPSA) is 79.2 Å². The number of rotatable bonds is 18. The molecular weight excluding hydrogens is 472 g/mol. The minimum absolute atomic E-state index is 0.334. The van der Waals surface area contributed by atoms with E-state index < -0.39 is 27.9 Å². The van der Waals surface area contributed by atoms with Crippen molar-refractivity contribution in [1.29, 1.82) is 0 Å². The van der Waals surface area contributed by atoms with Crippen LogP contribution in [-0.2, 0) is 9.47 Å². The van der Waals surface area contributed by atoms with Crippen LogP contribution in [0.25, 0.3) is 0 Å². The summed E-state index contributed by atoms with van der Waals surface area (Å²) in [6.45, 7) is 8.82. The molecule has 0 bridgehead atoms. The van der Waals surface area contributed by atoms with Gasteiger partial charge in [0.05, 0.1) is 6.61 Å². The molecule has 0 saturated carbocycles. The third-order valence-corrected chi connectivity index (χ3v) is 8.38. The van der Waals surface area contributed by atoms with Crippen LogP contribution in [0.1, 0.15) is 124 Å². The smallest absolute Gasteiger partial charge is 0.155 e. The fourth-order valence-electron chi connectivity index (χ4n) is 5.19. The molecule has 1 rings (SSSR count). The van der Waals surface area contributed by atoms with Crippen LogP contribution < -0.4 is 0 Å². The summed E-state index contributed by atoms with van der Waals surface area (Å²) < 4.78 is 12.2. The zero-order valence-electron chi connectivity index (χ0n) is 21.2. The molecule has 0 aromatic rings. The molecule has 0 unspecified atom stereocenters. The van der Waals surface area contributed by atoms with Gasteiger partial charge in [0.1, 0.15) is 23.4 Å². The van der Waals surface area contributed by atoms with Crippen LogP contribution in [0.4, 0.5) is 0 Å². The lowest BCUT2D eigenvalue weighted by molar-refractivity contribution is -0.347. The van der Waals surface area contributed by atoms with Crippen LogP contribution in [0.5, 0.6) is 0 Å². The van der Waals surface area contributed by atoms with Crippen LogP contribution >= 0.6 is 15.9 Å². The Balaban J connectivity index is 3.48. The third-order valence-electron chi connectivity index (χ3n) is 7.15. The normalized spacial score (nSPS) is 33.0. The van der Waals surface area contributed by atoms with Crippen molar-refractivity contribution in [1.82, 2.24) is 0 Å². The standard InChI is InChI=1S/C26H51BrO5/c1-5-9-13-17-24(30)23(29)22(21-28)32-26(27,19-15-11-7-3)25(24,18-14-10-6-2)31-20-16-12-8-4/h22-23,28-30H,5-21H2,1-4H3/t22-,23-,24+,25-,26-/m1/s1. The number of hydrogen-bond acceptors (Lipinski definition) is 5. The van der Waals surface area contributed by atoms with E-state index in [2.05, 4.69) is 43.6 Å². The van der Waals surface area contributed by atoms with Gasteiger partial charge in [-0.05, 0) is 32.1 Å². The summed E-state index contributed by atoms with van der Waals surface area (Å²) in [6.07, 6.45) is 11.6. The number of aliphatic hydroxyl groups is 3. The monoisotopic (exact) mass is 522 g/mol.